The summed E-state index contributed by atoms with van der Waals surface area (Å²) in [7, 11) is 1.80. The zero-order valence-corrected chi connectivity index (χ0v) is 12.9. The van der Waals surface area contributed by atoms with Crippen LogP contribution >= 0.6 is 12.2 Å². The molecular weight excluding hydrogens is 300 g/mol. The molecule has 7 heteroatoms. The molecule has 0 spiro atoms. The minimum Gasteiger partial charge on any atom is -0.328 e. The van der Waals surface area contributed by atoms with Gasteiger partial charge in [0.05, 0.1) is 11.3 Å². The van der Waals surface area contributed by atoms with E-state index in [1.54, 1.807) is 16.4 Å². The predicted molar refractivity (Wildman–Crippen MR) is 87.6 cm³/mol. The highest BCUT2D eigenvalue weighted by Gasteiger charge is 2.22. The van der Waals surface area contributed by atoms with Gasteiger partial charge in [0.25, 0.3) is 11.5 Å². The highest BCUT2D eigenvalue weighted by Crippen LogP contribution is 2.13. The van der Waals surface area contributed by atoms with Gasteiger partial charge in [-0.1, -0.05) is 18.2 Å². The van der Waals surface area contributed by atoms with Gasteiger partial charge in [0, 0.05) is 12.7 Å². The standard InChI is InChI=1S/C15H14N4O2S/c1-9-11(8-12-13(20)17-15(22)16-12)14(21)19(18(9)2)10-6-4-3-5-7-10/h3-8H,1-2H3,(H2,16,17,20,22). The molecule has 6 nitrogen and oxygen atoms in total. The van der Waals surface area contributed by atoms with E-state index in [0.717, 1.165) is 11.4 Å². The van der Waals surface area contributed by atoms with Gasteiger partial charge in [-0.05, 0) is 37.4 Å². The zero-order valence-electron chi connectivity index (χ0n) is 12.1. The number of hydrogen-bond acceptors (Lipinski definition) is 3. The Hall–Kier alpha value is -2.67. The molecule has 2 aromatic rings. The number of carbonyl (C=O) groups excluding carboxylic acids is 1. The van der Waals surface area contributed by atoms with Crippen LogP contribution in [0.4, 0.5) is 0 Å². The summed E-state index contributed by atoms with van der Waals surface area (Å²) in [5.41, 5.74) is 2.06. The van der Waals surface area contributed by atoms with Crippen LogP contribution in [0.1, 0.15) is 11.3 Å². The Balaban J connectivity index is 2.16. The number of nitrogens with one attached hydrogen (secondary N) is 2. The van der Waals surface area contributed by atoms with Crippen LogP contribution in [0.2, 0.25) is 0 Å². The van der Waals surface area contributed by atoms with Crippen LogP contribution in [-0.4, -0.2) is 20.4 Å². The summed E-state index contributed by atoms with van der Waals surface area (Å²) in [6.45, 7) is 1.83. The average Bonchev–Trinajstić information content (AvgIpc) is 2.92. The van der Waals surface area contributed by atoms with Crippen molar-refractivity contribution in [2.24, 2.45) is 7.05 Å². The molecule has 0 atom stereocenters. The molecule has 0 unspecified atom stereocenters. The molecule has 3 rings (SSSR count). The third-order valence-electron chi connectivity index (χ3n) is 3.61. The van der Waals surface area contributed by atoms with Gasteiger partial charge in [0.15, 0.2) is 5.11 Å². The zero-order chi connectivity index (χ0) is 15.9. The third kappa shape index (κ3) is 2.25. The molecule has 112 valence electrons. The first-order chi connectivity index (χ1) is 10.5. The van der Waals surface area contributed by atoms with E-state index in [-0.39, 0.29) is 22.3 Å². The van der Waals surface area contributed by atoms with E-state index >= 15 is 0 Å². The Kier molecular flexibility index (Phi) is 3.42. The summed E-state index contributed by atoms with van der Waals surface area (Å²) in [6.07, 6.45) is 1.53. The first-order valence-electron chi connectivity index (χ1n) is 6.67. The normalized spacial score (nSPS) is 16.0. The van der Waals surface area contributed by atoms with E-state index in [4.69, 9.17) is 12.2 Å². The monoisotopic (exact) mass is 314 g/mol. The van der Waals surface area contributed by atoms with Gasteiger partial charge in [-0.2, -0.15) is 0 Å². The van der Waals surface area contributed by atoms with Crippen LogP contribution in [0.5, 0.6) is 0 Å². The Bertz CT molecular complexity index is 862. The van der Waals surface area contributed by atoms with E-state index in [1.165, 1.54) is 6.08 Å². The maximum atomic E-state index is 12.7. The van der Waals surface area contributed by atoms with Crippen molar-refractivity contribution in [2.75, 3.05) is 0 Å². The van der Waals surface area contributed by atoms with Gasteiger partial charge in [0.1, 0.15) is 5.70 Å². The molecule has 1 saturated heterocycles. The van der Waals surface area contributed by atoms with Crippen molar-refractivity contribution >= 4 is 29.3 Å². The fraction of sp³-hybridized carbons (Fsp3) is 0.133. The lowest BCUT2D eigenvalue weighted by Gasteiger charge is -2.07. The van der Waals surface area contributed by atoms with Crippen LogP contribution < -0.4 is 16.2 Å². The van der Waals surface area contributed by atoms with Crippen molar-refractivity contribution in [1.29, 1.82) is 0 Å². The summed E-state index contributed by atoms with van der Waals surface area (Å²) in [6, 6.07) is 9.33. The number of thiocarbonyl (C=S) groups is 1. The van der Waals surface area contributed by atoms with E-state index < -0.39 is 0 Å². The van der Waals surface area contributed by atoms with Crippen molar-refractivity contribution in [1.82, 2.24) is 20.0 Å². The van der Waals surface area contributed by atoms with Gasteiger partial charge in [0.2, 0.25) is 0 Å². The minimum absolute atomic E-state index is 0.189. The number of amides is 1. The molecule has 1 aliphatic heterocycles. The van der Waals surface area contributed by atoms with Crippen molar-refractivity contribution in [2.45, 2.75) is 6.92 Å². The van der Waals surface area contributed by atoms with Crippen LogP contribution in [0.3, 0.4) is 0 Å². The van der Waals surface area contributed by atoms with Crippen molar-refractivity contribution in [3.8, 4) is 5.69 Å². The number of rotatable bonds is 2. The highest BCUT2D eigenvalue weighted by molar-refractivity contribution is 7.80. The molecule has 2 heterocycles. The molecule has 2 N–H and O–H groups in total. The van der Waals surface area contributed by atoms with Crippen molar-refractivity contribution < 1.29 is 4.79 Å². The fourth-order valence-electron chi connectivity index (χ4n) is 2.38. The van der Waals surface area contributed by atoms with Gasteiger partial charge in [-0.15, -0.1) is 0 Å². The average molecular weight is 314 g/mol. The molecule has 1 aliphatic rings. The molecule has 1 aromatic carbocycles. The Morgan fingerprint density at radius 3 is 2.41 bits per heavy atom. The van der Waals surface area contributed by atoms with E-state index in [2.05, 4.69) is 10.6 Å². The van der Waals surface area contributed by atoms with Crippen LogP contribution in [0.15, 0.2) is 40.8 Å². The molecule has 0 bridgehead atoms. The minimum atomic E-state index is -0.334. The predicted octanol–water partition coefficient (Wildman–Crippen LogP) is 0.830. The molecule has 0 radical (unpaired) electrons. The quantitative estimate of drug-likeness (QED) is 0.636. The number of hydrogen-bond donors (Lipinski definition) is 2. The Morgan fingerprint density at radius 1 is 1.14 bits per heavy atom. The SMILES string of the molecule is Cc1c(C=C2NC(=S)NC2=O)c(=O)n(-c2ccccc2)n1C. The Labute approximate surface area is 132 Å². The summed E-state index contributed by atoms with van der Waals surface area (Å²) in [5, 5.41) is 5.47. The Morgan fingerprint density at radius 2 is 1.82 bits per heavy atom. The van der Waals surface area contributed by atoms with Gasteiger partial charge in [-0.25, -0.2) is 4.68 Å². The topological polar surface area (TPSA) is 68.1 Å². The fourth-order valence-corrected chi connectivity index (χ4v) is 2.58. The number of para-hydroxylation sites is 1. The van der Waals surface area contributed by atoms with Crippen molar-refractivity contribution in [3.63, 3.8) is 0 Å². The number of carbonyl (C=O) groups is 1. The second kappa shape index (κ2) is 5.27. The lowest BCUT2D eigenvalue weighted by Crippen LogP contribution is -2.21. The second-order valence-electron chi connectivity index (χ2n) is 4.94. The number of nitrogens with zero attached hydrogens (tertiary/aromatic N) is 2. The largest absolute Gasteiger partial charge is 0.328 e. The van der Waals surface area contributed by atoms with Gasteiger partial charge >= 0.3 is 0 Å². The lowest BCUT2D eigenvalue weighted by atomic mass is 10.2. The van der Waals surface area contributed by atoms with Crippen LogP contribution in [-0.2, 0) is 11.8 Å². The van der Waals surface area contributed by atoms with Crippen LogP contribution in [0.25, 0.3) is 11.8 Å². The second-order valence-corrected chi connectivity index (χ2v) is 5.35. The third-order valence-corrected chi connectivity index (χ3v) is 3.81. The molecule has 22 heavy (non-hydrogen) atoms. The summed E-state index contributed by atoms with van der Waals surface area (Å²) in [4.78, 5) is 24.4. The maximum absolute atomic E-state index is 12.7. The number of benzene rings is 1. The molecular formula is C15H14N4O2S. The smallest absolute Gasteiger partial charge is 0.279 e. The first kappa shape index (κ1) is 14.3. The molecule has 1 fully saturated rings. The number of aromatic nitrogens is 2. The van der Waals surface area contributed by atoms with E-state index in [1.807, 2.05) is 37.3 Å². The molecule has 1 amide bonds. The first-order valence-corrected chi connectivity index (χ1v) is 7.08. The highest BCUT2D eigenvalue weighted by atomic mass is 32.1. The molecule has 0 saturated carbocycles. The van der Waals surface area contributed by atoms with E-state index in [0.29, 0.717) is 5.56 Å². The van der Waals surface area contributed by atoms with Gasteiger partial charge < -0.3 is 5.32 Å². The molecule has 0 aliphatic carbocycles. The van der Waals surface area contributed by atoms with Crippen molar-refractivity contribution in [3.05, 3.63) is 57.6 Å². The van der Waals surface area contributed by atoms with Gasteiger partial charge in [-0.3, -0.25) is 19.6 Å². The van der Waals surface area contributed by atoms with Crippen LogP contribution in [0, 0.1) is 6.92 Å². The maximum Gasteiger partial charge on any atom is 0.279 e. The van der Waals surface area contributed by atoms with E-state index in [9.17, 15) is 9.59 Å². The summed E-state index contributed by atoms with van der Waals surface area (Å²) in [5.74, 6) is -0.334. The summed E-state index contributed by atoms with van der Waals surface area (Å²) >= 11 is 4.89. The molecule has 1 aromatic heterocycles. The lowest BCUT2D eigenvalue weighted by molar-refractivity contribution is -0.115. The summed E-state index contributed by atoms with van der Waals surface area (Å²) < 4.78 is 3.32.